The number of hydrogen-bond acceptors (Lipinski definition) is 4. The van der Waals surface area contributed by atoms with Crippen molar-refractivity contribution in [1.82, 2.24) is 10.6 Å². The summed E-state index contributed by atoms with van der Waals surface area (Å²) >= 11 is 0. The van der Waals surface area contributed by atoms with Crippen LogP contribution in [0.3, 0.4) is 0 Å². The second kappa shape index (κ2) is 11.0. The van der Waals surface area contributed by atoms with Gasteiger partial charge in [0.25, 0.3) is 0 Å². The molecule has 3 rings (SSSR count). The van der Waals surface area contributed by atoms with Crippen molar-refractivity contribution in [3.8, 4) is 11.1 Å². The van der Waals surface area contributed by atoms with Gasteiger partial charge in [-0.25, -0.2) is 9.59 Å². The van der Waals surface area contributed by atoms with Crippen molar-refractivity contribution in [2.45, 2.75) is 58.0 Å². The Morgan fingerprint density at radius 1 is 0.970 bits per heavy atom. The van der Waals surface area contributed by atoms with Gasteiger partial charge >= 0.3 is 12.1 Å². The summed E-state index contributed by atoms with van der Waals surface area (Å²) in [4.78, 5) is 36.9. The fraction of sp³-hybridized carbons (Fsp3) is 0.423. The minimum absolute atomic E-state index is 0.0802. The highest BCUT2D eigenvalue weighted by Crippen LogP contribution is 2.44. The second-order valence-electron chi connectivity index (χ2n) is 8.52. The number of carbonyl (C=O) groups is 3. The number of ether oxygens (including phenoxy) is 1. The molecule has 1 aliphatic rings. The number of fused-ring (bicyclic) bond motifs is 3. The molecule has 0 saturated heterocycles. The van der Waals surface area contributed by atoms with Gasteiger partial charge in [0.1, 0.15) is 18.7 Å². The van der Waals surface area contributed by atoms with E-state index >= 15 is 0 Å². The largest absolute Gasteiger partial charge is 0.480 e. The monoisotopic (exact) mass is 452 g/mol. The van der Waals surface area contributed by atoms with Gasteiger partial charge in [-0.2, -0.15) is 0 Å². The molecule has 176 valence electrons. The van der Waals surface area contributed by atoms with Gasteiger partial charge in [-0.3, -0.25) is 4.79 Å². The molecule has 1 unspecified atom stereocenters. The van der Waals surface area contributed by atoms with E-state index in [0.717, 1.165) is 22.3 Å². The van der Waals surface area contributed by atoms with E-state index in [4.69, 9.17) is 4.74 Å². The van der Waals surface area contributed by atoms with E-state index in [9.17, 15) is 19.5 Å². The highest BCUT2D eigenvalue weighted by atomic mass is 16.5. The van der Waals surface area contributed by atoms with Gasteiger partial charge in [0.05, 0.1) is 0 Å². The third kappa shape index (κ3) is 5.53. The number of hydrogen-bond donors (Lipinski definition) is 3. The Labute approximate surface area is 194 Å². The van der Waals surface area contributed by atoms with Crippen LogP contribution in [0.15, 0.2) is 48.5 Å². The molecule has 2 aromatic carbocycles. The van der Waals surface area contributed by atoms with Gasteiger partial charge in [0.15, 0.2) is 0 Å². The molecule has 0 aliphatic heterocycles. The SMILES string of the molecule is CCC[C@@H](NC(=O)OCC1c2ccccc2-c2ccccc21)C(=O)N[C@H](C(=O)O)C(C)CC. The Balaban J connectivity index is 1.65. The first-order valence-corrected chi connectivity index (χ1v) is 11.5. The molecule has 0 aromatic heterocycles. The molecule has 2 aromatic rings. The van der Waals surface area contributed by atoms with Crippen molar-refractivity contribution in [3.05, 3.63) is 59.7 Å². The van der Waals surface area contributed by atoms with Crippen molar-refractivity contribution in [2.75, 3.05) is 6.61 Å². The predicted octanol–water partition coefficient (Wildman–Crippen LogP) is 4.31. The van der Waals surface area contributed by atoms with Gasteiger partial charge in [0.2, 0.25) is 5.91 Å². The lowest BCUT2D eigenvalue weighted by Crippen LogP contribution is -2.53. The number of rotatable bonds is 10. The minimum Gasteiger partial charge on any atom is -0.480 e. The van der Waals surface area contributed by atoms with Crippen molar-refractivity contribution in [1.29, 1.82) is 0 Å². The van der Waals surface area contributed by atoms with Crippen LogP contribution in [0.4, 0.5) is 4.79 Å². The van der Waals surface area contributed by atoms with Crippen LogP contribution >= 0.6 is 0 Å². The number of carbonyl (C=O) groups excluding carboxylic acids is 2. The quantitative estimate of drug-likeness (QED) is 0.498. The topological polar surface area (TPSA) is 105 Å². The van der Waals surface area contributed by atoms with Crippen LogP contribution in [-0.4, -0.2) is 41.8 Å². The zero-order valence-electron chi connectivity index (χ0n) is 19.3. The third-order valence-electron chi connectivity index (χ3n) is 6.31. The lowest BCUT2D eigenvalue weighted by Gasteiger charge is -2.24. The second-order valence-corrected chi connectivity index (χ2v) is 8.52. The van der Waals surface area contributed by atoms with Gasteiger partial charge in [0, 0.05) is 5.92 Å². The summed E-state index contributed by atoms with van der Waals surface area (Å²) in [6.07, 6.45) is 0.933. The number of carboxylic acids is 1. The lowest BCUT2D eigenvalue weighted by atomic mass is 9.98. The molecule has 0 saturated carbocycles. The molecule has 33 heavy (non-hydrogen) atoms. The summed E-state index contributed by atoms with van der Waals surface area (Å²) in [5, 5.41) is 14.7. The van der Waals surface area contributed by atoms with Crippen LogP contribution in [0.25, 0.3) is 11.1 Å². The van der Waals surface area contributed by atoms with Crippen LogP contribution in [0.1, 0.15) is 57.1 Å². The molecule has 0 radical (unpaired) electrons. The highest BCUT2D eigenvalue weighted by molar-refractivity contribution is 5.89. The molecular weight excluding hydrogens is 420 g/mol. The molecule has 0 spiro atoms. The van der Waals surface area contributed by atoms with Crippen LogP contribution in [-0.2, 0) is 14.3 Å². The number of benzene rings is 2. The fourth-order valence-electron chi connectivity index (χ4n) is 4.28. The van der Waals surface area contributed by atoms with E-state index in [0.29, 0.717) is 19.3 Å². The van der Waals surface area contributed by atoms with E-state index in [1.807, 2.05) is 50.2 Å². The first kappa shape index (κ1) is 24.3. The molecule has 7 nitrogen and oxygen atoms in total. The van der Waals surface area contributed by atoms with E-state index in [-0.39, 0.29) is 18.4 Å². The predicted molar refractivity (Wildman–Crippen MR) is 126 cm³/mol. The molecule has 3 N–H and O–H groups in total. The number of alkyl carbamates (subject to hydrolysis) is 1. The molecule has 7 heteroatoms. The van der Waals surface area contributed by atoms with Crippen LogP contribution in [0.2, 0.25) is 0 Å². The van der Waals surface area contributed by atoms with Crippen LogP contribution in [0, 0.1) is 5.92 Å². The van der Waals surface area contributed by atoms with Crippen molar-refractivity contribution in [2.24, 2.45) is 5.92 Å². The Morgan fingerprint density at radius 3 is 2.06 bits per heavy atom. The number of amides is 2. The molecule has 0 heterocycles. The average Bonchev–Trinajstić information content (AvgIpc) is 3.13. The summed E-state index contributed by atoms with van der Waals surface area (Å²) in [5.41, 5.74) is 4.48. The van der Waals surface area contributed by atoms with E-state index < -0.39 is 30.1 Å². The normalized spacial score (nSPS) is 15.0. The molecule has 2 amide bonds. The van der Waals surface area contributed by atoms with Crippen LogP contribution in [0.5, 0.6) is 0 Å². The lowest BCUT2D eigenvalue weighted by molar-refractivity contribution is -0.143. The highest BCUT2D eigenvalue weighted by Gasteiger charge is 2.31. The molecular formula is C26H32N2O5. The number of carboxylic acid groups (broad SMARTS) is 1. The Hall–Kier alpha value is -3.35. The van der Waals surface area contributed by atoms with E-state index in [1.165, 1.54) is 0 Å². The van der Waals surface area contributed by atoms with Gasteiger partial charge in [-0.15, -0.1) is 0 Å². The smallest absolute Gasteiger partial charge is 0.407 e. The van der Waals surface area contributed by atoms with Gasteiger partial charge in [-0.05, 0) is 34.6 Å². The van der Waals surface area contributed by atoms with Crippen LogP contribution < -0.4 is 10.6 Å². The minimum atomic E-state index is -1.09. The first-order chi connectivity index (χ1) is 15.9. The fourth-order valence-corrected chi connectivity index (χ4v) is 4.28. The maximum atomic E-state index is 12.7. The summed E-state index contributed by atoms with van der Waals surface area (Å²) < 4.78 is 5.54. The number of nitrogens with one attached hydrogen (secondary N) is 2. The summed E-state index contributed by atoms with van der Waals surface area (Å²) in [6, 6.07) is 14.2. The first-order valence-electron chi connectivity index (χ1n) is 11.5. The summed E-state index contributed by atoms with van der Waals surface area (Å²) in [6.45, 7) is 5.67. The maximum absolute atomic E-state index is 12.7. The Kier molecular flexibility index (Phi) is 8.09. The van der Waals surface area contributed by atoms with Gasteiger partial charge in [-0.1, -0.05) is 82.1 Å². The standard InChI is InChI=1S/C26H32N2O5/c1-4-10-22(24(29)28-23(25(30)31)16(3)5-2)27-26(32)33-15-21-19-13-8-6-11-17(19)18-12-7-9-14-20(18)21/h6-9,11-14,16,21-23H,4-5,10,15H2,1-3H3,(H,27,32)(H,28,29)(H,30,31)/t16?,22-,23+/m1/s1. The Morgan fingerprint density at radius 2 is 1.55 bits per heavy atom. The zero-order chi connectivity index (χ0) is 24.0. The van der Waals surface area contributed by atoms with Crippen molar-refractivity contribution >= 4 is 18.0 Å². The van der Waals surface area contributed by atoms with E-state index in [2.05, 4.69) is 22.8 Å². The molecule has 3 atom stereocenters. The van der Waals surface area contributed by atoms with Crippen molar-refractivity contribution < 1.29 is 24.2 Å². The molecule has 0 fully saturated rings. The maximum Gasteiger partial charge on any atom is 0.407 e. The van der Waals surface area contributed by atoms with Crippen molar-refractivity contribution in [3.63, 3.8) is 0 Å². The molecule has 0 bridgehead atoms. The third-order valence-corrected chi connectivity index (χ3v) is 6.31. The molecule has 1 aliphatic carbocycles. The zero-order valence-corrected chi connectivity index (χ0v) is 19.3. The number of aliphatic carboxylic acids is 1. The van der Waals surface area contributed by atoms with Gasteiger partial charge < -0.3 is 20.5 Å². The van der Waals surface area contributed by atoms with E-state index in [1.54, 1.807) is 6.92 Å². The Bertz CT molecular complexity index is 960. The average molecular weight is 453 g/mol. The summed E-state index contributed by atoms with van der Waals surface area (Å²) in [5.74, 6) is -1.92. The summed E-state index contributed by atoms with van der Waals surface area (Å²) in [7, 11) is 0.